The minimum Gasteiger partial charge on any atom is -0.744 e. The standard InChI is InChI=1S/C39H34N10O13S4.4Na/c1-21-15-23(9-11-31(21)48-46-25-17-29-27(35(19-25)65(57,58)59)5-3-7-33(29)63(51,52)53)41-38-43-37(40-13-14-50)44-39(45-38)42-24-10-12-32(22(2)16-24)49-47-26-18-30-28(36(20-26)66(60,61)62)6-4-8-34(30)64(54,55)56;;;;/h3-12,15-20,50H,13-14H2,1-2H3,(H,51,52,53)(H,54,55,56)(H,57,58,59)(H,60,61,62)(H3,40,41,42,43,44,45);;;;/q;4*+1/p-4. The van der Waals surface area contributed by atoms with E-state index in [0.717, 1.165) is 48.5 Å². The molecule has 0 aliphatic rings. The number of anilines is 4. The Balaban J connectivity index is 0.00000324. The second-order valence-corrected chi connectivity index (χ2v) is 19.4. The second-order valence-electron chi connectivity index (χ2n) is 14.0. The van der Waals surface area contributed by atoms with Crippen molar-refractivity contribution in [2.45, 2.75) is 33.4 Å². The van der Waals surface area contributed by atoms with Gasteiger partial charge in [-0.3, -0.25) is 4.98 Å². The molecule has 0 saturated heterocycles. The average molecular weight is 1070 g/mol. The van der Waals surface area contributed by atoms with Gasteiger partial charge in [-0.05, 0) is 97.8 Å². The summed E-state index contributed by atoms with van der Waals surface area (Å²) in [5, 5.41) is 30.7. The van der Waals surface area contributed by atoms with Gasteiger partial charge in [-0.15, -0.1) is 0 Å². The molecular weight excluding hydrogens is 1040 g/mol. The van der Waals surface area contributed by atoms with Crippen LogP contribution >= 0.6 is 0 Å². The molecule has 7 rings (SSSR count). The Kier molecular flexibility index (Phi) is 21.8. The van der Waals surface area contributed by atoms with Crippen LogP contribution in [0.15, 0.2) is 142 Å². The fourth-order valence-corrected chi connectivity index (χ4v) is 9.30. The van der Waals surface area contributed by atoms with Crippen LogP contribution in [0.4, 0.5) is 46.0 Å². The summed E-state index contributed by atoms with van der Waals surface area (Å²) < 4.78 is 144. The van der Waals surface area contributed by atoms with E-state index in [1.165, 1.54) is 12.1 Å². The molecule has 7 aromatic rings. The Morgan fingerprint density at radius 3 is 1.24 bits per heavy atom. The van der Waals surface area contributed by atoms with Gasteiger partial charge in [-0.25, -0.2) is 38.7 Å². The van der Waals surface area contributed by atoms with Crippen molar-refractivity contribution >= 4 is 108 Å². The molecule has 0 fully saturated rings. The number of nitrogens with one attached hydrogen (secondary N) is 3. The summed E-state index contributed by atoms with van der Waals surface area (Å²) in [5.41, 5.74) is 2.12. The number of aromatic amines is 1. The van der Waals surface area contributed by atoms with Crippen LogP contribution in [0.3, 0.4) is 0 Å². The van der Waals surface area contributed by atoms with Gasteiger partial charge in [0.05, 0.1) is 55.5 Å². The normalized spacial score (nSPS) is 11.9. The quantitative estimate of drug-likeness (QED) is 0.0447. The minimum absolute atomic E-state index is 0. The maximum Gasteiger partial charge on any atom is 1.00 e. The summed E-state index contributed by atoms with van der Waals surface area (Å²) >= 11 is 0. The number of hydrogen-bond acceptors (Lipinski definition) is 22. The Morgan fingerprint density at radius 2 is 0.900 bits per heavy atom. The first-order chi connectivity index (χ1) is 31.0. The Morgan fingerprint density at radius 1 is 0.514 bits per heavy atom. The van der Waals surface area contributed by atoms with Crippen LogP contribution in [-0.4, -0.2) is 85.1 Å². The zero-order valence-electron chi connectivity index (χ0n) is 37.8. The van der Waals surface area contributed by atoms with E-state index >= 15 is 0 Å². The third-order valence-electron chi connectivity index (χ3n) is 9.36. The monoisotopic (exact) mass is 1070 g/mol. The summed E-state index contributed by atoms with van der Waals surface area (Å²) in [7, 11) is -20.4. The first-order valence-electron chi connectivity index (χ1n) is 18.6. The maximum absolute atomic E-state index is 12.1. The van der Waals surface area contributed by atoms with E-state index in [9.17, 15) is 57.0 Å². The predicted molar refractivity (Wildman–Crippen MR) is 231 cm³/mol. The van der Waals surface area contributed by atoms with Gasteiger partial charge in [0, 0.05) is 32.9 Å². The molecule has 23 nitrogen and oxygen atoms in total. The first kappa shape index (κ1) is 61.4. The van der Waals surface area contributed by atoms with Crippen LogP contribution in [0.25, 0.3) is 21.5 Å². The van der Waals surface area contributed by atoms with Gasteiger partial charge in [0.25, 0.3) is 5.62 Å². The van der Waals surface area contributed by atoms with Crippen molar-refractivity contribution in [1.82, 2.24) is 15.0 Å². The van der Waals surface area contributed by atoms with Crippen molar-refractivity contribution < 1.29 is 175 Å². The number of azo groups is 2. The molecule has 0 amide bonds. The molecule has 0 aliphatic carbocycles. The number of benzene rings is 6. The fourth-order valence-electron chi connectivity index (χ4n) is 6.50. The molecule has 0 aliphatic heterocycles. The van der Waals surface area contributed by atoms with Gasteiger partial charge >= 0.3 is 118 Å². The van der Waals surface area contributed by atoms with Crippen LogP contribution in [0.1, 0.15) is 11.1 Å². The predicted octanol–water partition coefficient (Wildman–Crippen LogP) is -6.43. The number of rotatable bonds is 14. The van der Waals surface area contributed by atoms with Crippen LogP contribution < -0.4 is 134 Å². The molecule has 1 aromatic heterocycles. The molecule has 0 bridgehead atoms. The van der Waals surface area contributed by atoms with Gasteiger partial charge < -0.3 is 34.0 Å². The smallest absolute Gasteiger partial charge is 0.744 e. The SMILES string of the molecule is Cc1cc(Nc2nc(=NCCO)nc(Nc3ccc(N=Nc4cc(S(=O)(=O)[O-])c5cccc(S(=O)(=O)[O-])c5c4)c(C)c3)[nH]2)ccc1N=Nc1cc(S(=O)(=O)[O-])c2cccc(S(=O)(=O)[O-])c2c1.[Na+].[Na+].[Na+].[Na+]. The molecule has 342 valence electrons. The third kappa shape index (κ3) is 15.1. The summed E-state index contributed by atoms with van der Waals surface area (Å²) in [6.45, 7) is 3.03. The molecule has 0 unspecified atom stereocenters. The summed E-state index contributed by atoms with van der Waals surface area (Å²) in [6, 6.07) is 20.3. The molecular formula is C39H30N10Na4O13S4. The number of hydrogen-bond donors (Lipinski definition) is 4. The number of aromatic nitrogens is 3. The van der Waals surface area contributed by atoms with Crippen molar-refractivity contribution in [1.29, 1.82) is 0 Å². The number of H-pyrrole nitrogens is 1. The van der Waals surface area contributed by atoms with E-state index in [4.69, 9.17) is 0 Å². The van der Waals surface area contributed by atoms with E-state index in [1.807, 2.05) is 0 Å². The van der Waals surface area contributed by atoms with Gasteiger partial charge in [0.1, 0.15) is 40.5 Å². The Bertz CT molecular complexity index is 3500. The number of nitrogens with zero attached hydrogens (tertiary/aromatic N) is 7. The van der Waals surface area contributed by atoms with Crippen molar-refractivity contribution in [3.05, 3.63) is 114 Å². The number of aliphatic hydroxyl groups is 1. The van der Waals surface area contributed by atoms with Crippen LogP contribution in [0.2, 0.25) is 0 Å². The fraction of sp³-hybridized carbons (Fsp3) is 0.103. The van der Waals surface area contributed by atoms with Crippen molar-refractivity contribution in [3.63, 3.8) is 0 Å². The number of fused-ring (bicyclic) bond motifs is 2. The molecule has 1 heterocycles. The Labute approximate surface area is 488 Å². The van der Waals surface area contributed by atoms with Crippen LogP contribution in [0.5, 0.6) is 0 Å². The molecule has 0 radical (unpaired) electrons. The third-order valence-corrected chi connectivity index (χ3v) is 12.9. The van der Waals surface area contributed by atoms with Crippen molar-refractivity contribution in [2.75, 3.05) is 23.8 Å². The van der Waals surface area contributed by atoms with E-state index < -0.39 is 60.1 Å². The van der Waals surface area contributed by atoms with Crippen molar-refractivity contribution in [3.8, 4) is 0 Å². The summed E-state index contributed by atoms with van der Waals surface area (Å²) in [5.74, 6) is 0.268. The molecule has 0 spiro atoms. The Hall–Kier alpha value is -2.95. The van der Waals surface area contributed by atoms with Gasteiger partial charge in [0.2, 0.25) is 11.9 Å². The van der Waals surface area contributed by atoms with E-state index in [0.29, 0.717) is 22.5 Å². The van der Waals surface area contributed by atoms with Crippen molar-refractivity contribution in [2.24, 2.45) is 25.4 Å². The minimum atomic E-state index is -5.14. The molecule has 0 saturated carbocycles. The number of aryl methyl sites for hydroxylation is 2. The van der Waals surface area contributed by atoms with Crippen LogP contribution in [0, 0.1) is 13.8 Å². The largest absolute Gasteiger partial charge is 1.00 e. The number of aliphatic hydroxyl groups excluding tert-OH is 1. The van der Waals surface area contributed by atoms with Gasteiger partial charge in [-0.1, -0.05) is 24.3 Å². The first-order valence-corrected chi connectivity index (χ1v) is 24.3. The summed E-state index contributed by atoms with van der Waals surface area (Å²) in [4.78, 5) is 12.8. The van der Waals surface area contributed by atoms with E-state index in [2.05, 4.69) is 51.0 Å². The maximum atomic E-state index is 12.1. The zero-order chi connectivity index (χ0) is 47.8. The topological polar surface area (TPSA) is 376 Å². The molecule has 0 atom stereocenters. The second kappa shape index (κ2) is 24.9. The van der Waals surface area contributed by atoms with Gasteiger partial charge in [-0.2, -0.15) is 30.4 Å². The molecule has 4 N–H and O–H groups in total. The van der Waals surface area contributed by atoms with Gasteiger partial charge in [0.15, 0.2) is 0 Å². The molecule has 6 aromatic carbocycles. The zero-order valence-corrected chi connectivity index (χ0v) is 49.0. The van der Waals surface area contributed by atoms with E-state index in [-0.39, 0.29) is 193 Å². The molecule has 70 heavy (non-hydrogen) atoms. The average Bonchev–Trinajstić information content (AvgIpc) is 3.22. The van der Waals surface area contributed by atoms with Crippen LogP contribution in [-0.2, 0) is 40.5 Å². The molecule has 31 heteroatoms. The van der Waals surface area contributed by atoms with E-state index in [1.54, 1.807) is 50.2 Å². The summed E-state index contributed by atoms with van der Waals surface area (Å²) in [6.07, 6.45) is 0.